The average molecular weight is 229 g/mol. The van der Waals surface area contributed by atoms with Gasteiger partial charge in [0.05, 0.1) is 0 Å². The minimum atomic E-state index is 1.08. The van der Waals surface area contributed by atoms with Crippen LogP contribution in [-0.2, 0) is 6.42 Å². The third-order valence-corrected chi connectivity index (χ3v) is 3.64. The van der Waals surface area contributed by atoms with E-state index in [-0.39, 0.29) is 0 Å². The van der Waals surface area contributed by atoms with Crippen molar-refractivity contribution in [1.82, 2.24) is 4.98 Å². The number of thioether (sulfide) groups is 1. The molecule has 0 bridgehead atoms. The summed E-state index contributed by atoms with van der Waals surface area (Å²) in [5, 5.41) is 0. The first-order chi connectivity index (χ1) is 7.86. The lowest BCUT2D eigenvalue weighted by Gasteiger charge is -2.04. The smallest absolute Gasteiger partial charge is 0.0300 e. The van der Waals surface area contributed by atoms with Crippen molar-refractivity contribution >= 4 is 11.8 Å². The Hall–Kier alpha value is -1.28. The molecule has 0 saturated heterocycles. The largest absolute Gasteiger partial charge is 0.264 e. The molecule has 1 aromatic carbocycles. The fourth-order valence-electron chi connectivity index (χ4n) is 1.54. The van der Waals surface area contributed by atoms with E-state index in [0.29, 0.717) is 0 Å². The highest BCUT2D eigenvalue weighted by Crippen LogP contribution is 2.22. The molecule has 0 fully saturated rings. The topological polar surface area (TPSA) is 12.9 Å². The number of benzene rings is 1. The molecule has 0 aliphatic carbocycles. The normalized spacial score (nSPS) is 10.3. The first-order valence-corrected chi connectivity index (χ1v) is 6.42. The Morgan fingerprint density at radius 2 is 2.00 bits per heavy atom. The van der Waals surface area contributed by atoms with Gasteiger partial charge in [-0.2, -0.15) is 0 Å². The molecule has 0 spiro atoms. The number of pyridine rings is 1. The van der Waals surface area contributed by atoms with Gasteiger partial charge < -0.3 is 0 Å². The van der Waals surface area contributed by atoms with E-state index >= 15 is 0 Å². The molecule has 2 rings (SSSR count). The summed E-state index contributed by atoms with van der Waals surface area (Å²) in [7, 11) is 0. The van der Waals surface area contributed by atoms with Crippen molar-refractivity contribution in [2.45, 2.75) is 18.2 Å². The van der Waals surface area contributed by atoms with Crippen LogP contribution in [0, 0.1) is 6.92 Å². The summed E-state index contributed by atoms with van der Waals surface area (Å²) < 4.78 is 0. The van der Waals surface area contributed by atoms with Gasteiger partial charge in [0.25, 0.3) is 0 Å². The monoisotopic (exact) mass is 229 g/mol. The van der Waals surface area contributed by atoms with Crippen molar-refractivity contribution in [3.05, 3.63) is 59.9 Å². The molecule has 0 aliphatic rings. The lowest BCUT2D eigenvalue weighted by molar-refractivity contribution is 1.11. The van der Waals surface area contributed by atoms with E-state index in [0.717, 1.165) is 12.2 Å². The molecule has 0 unspecified atom stereocenters. The molecule has 0 N–H and O–H groups in total. The molecule has 1 nitrogen and oxygen atoms in total. The second-order valence-electron chi connectivity index (χ2n) is 3.73. The summed E-state index contributed by atoms with van der Waals surface area (Å²) in [5.74, 6) is 1.11. The molecule has 0 amide bonds. The first-order valence-electron chi connectivity index (χ1n) is 5.43. The Balaban J connectivity index is 1.87. The quantitative estimate of drug-likeness (QED) is 0.741. The van der Waals surface area contributed by atoms with E-state index in [2.05, 4.69) is 42.2 Å². The summed E-state index contributed by atoms with van der Waals surface area (Å²) in [4.78, 5) is 5.50. The van der Waals surface area contributed by atoms with E-state index in [4.69, 9.17) is 0 Å². The van der Waals surface area contributed by atoms with E-state index in [1.165, 1.54) is 16.0 Å². The number of aromatic nitrogens is 1. The SMILES string of the molecule is Cc1ccccc1SCCc1cccnc1. The first kappa shape index (κ1) is 11.2. The summed E-state index contributed by atoms with van der Waals surface area (Å²) in [6, 6.07) is 12.6. The van der Waals surface area contributed by atoms with Gasteiger partial charge in [0.2, 0.25) is 0 Å². The van der Waals surface area contributed by atoms with Crippen molar-refractivity contribution in [3.8, 4) is 0 Å². The highest BCUT2D eigenvalue weighted by atomic mass is 32.2. The van der Waals surface area contributed by atoms with Crippen LogP contribution in [0.4, 0.5) is 0 Å². The standard InChI is InChI=1S/C14H15NS/c1-12-5-2-3-7-14(12)16-10-8-13-6-4-9-15-11-13/h2-7,9,11H,8,10H2,1H3. The van der Waals surface area contributed by atoms with Gasteiger partial charge in [-0.1, -0.05) is 24.3 Å². The van der Waals surface area contributed by atoms with Crippen LogP contribution < -0.4 is 0 Å². The lowest BCUT2D eigenvalue weighted by atomic mass is 10.2. The Morgan fingerprint density at radius 3 is 2.75 bits per heavy atom. The van der Waals surface area contributed by atoms with Gasteiger partial charge in [-0.3, -0.25) is 4.98 Å². The van der Waals surface area contributed by atoms with Gasteiger partial charge >= 0.3 is 0 Å². The third-order valence-electron chi connectivity index (χ3n) is 2.46. The lowest BCUT2D eigenvalue weighted by Crippen LogP contribution is -1.89. The Bertz CT molecular complexity index is 439. The van der Waals surface area contributed by atoms with Crippen LogP contribution in [0.1, 0.15) is 11.1 Å². The van der Waals surface area contributed by atoms with Crippen LogP contribution in [0.3, 0.4) is 0 Å². The van der Waals surface area contributed by atoms with Crippen molar-refractivity contribution < 1.29 is 0 Å². The number of rotatable bonds is 4. The predicted molar refractivity (Wildman–Crippen MR) is 69.8 cm³/mol. The highest BCUT2D eigenvalue weighted by molar-refractivity contribution is 7.99. The number of nitrogens with zero attached hydrogens (tertiary/aromatic N) is 1. The fourth-order valence-corrected chi connectivity index (χ4v) is 2.57. The maximum absolute atomic E-state index is 4.12. The maximum atomic E-state index is 4.12. The third kappa shape index (κ3) is 3.11. The summed E-state index contributed by atoms with van der Waals surface area (Å²) >= 11 is 1.91. The van der Waals surface area contributed by atoms with Gasteiger partial charge in [0, 0.05) is 23.0 Å². The molecular formula is C14H15NS. The van der Waals surface area contributed by atoms with Crippen molar-refractivity contribution in [2.24, 2.45) is 0 Å². The molecule has 1 aromatic heterocycles. The van der Waals surface area contributed by atoms with E-state index < -0.39 is 0 Å². The second kappa shape index (κ2) is 5.71. The Morgan fingerprint density at radius 1 is 1.12 bits per heavy atom. The Kier molecular flexibility index (Phi) is 4.00. The number of hydrogen-bond donors (Lipinski definition) is 0. The molecule has 16 heavy (non-hydrogen) atoms. The minimum absolute atomic E-state index is 1.08. The van der Waals surface area contributed by atoms with Crippen LogP contribution in [0.2, 0.25) is 0 Å². The molecule has 2 aromatic rings. The van der Waals surface area contributed by atoms with Gasteiger partial charge in [0.15, 0.2) is 0 Å². The molecule has 0 atom stereocenters. The van der Waals surface area contributed by atoms with Gasteiger partial charge in [0.1, 0.15) is 0 Å². The van der Waals surface area contributed by atoms with Crippen molar-refractivity contribution in [3.63, 3.8) is 0 Å². The molecule has 0 saturated carbocycles. The zero-order chi connectivity index (χ0) is 11.2. The highest BCUT2D eigenvalue weighted by Gasteiger charge is 1.98. The predicted octanol–water partition coefficient (Wildman–Crippen LogP) is 3.72. The molecule has 82 valence electrons. The maximum Gasteiger partial charge on any atom is 0.0300 e. The molecule has 0 radical (unpaired) electrons. The molecule has 1 heterocycles. The molecule has 2 heteroatoms. The molecular weight excluding hydrogens is 214 g/mol. The van der Waals surface area contributed by atoms with Crippen LogP contribution >= 0.6 is 11.8 Å². The minimum Gasteiger partial charge on any atom is -0.264 e. The second-order valence-corrected chi connectivity index (χ2v) is 4.86. The van der Waals surface area contributed by atoms with Crippen LogP contribution in [0.5, 0.6) is 0 Å². The van der Waals surface area contributed by atoms with E-state index in [1.807, 2.05) is 30.2 Å². The van der Waals surface area contributed by atoms with Crippen molar-refractivity contribution in [2.75, 3.05) is 5.75 Å². The van der Waals surface area contributed by atoms with Crippen LogP contribution in [0.25, 0.3) is 0 Å². The number of hydrogen-bond acceptors (Lipinski definition) is 2. The van der Waals surface area contributed by atoms with Crippen LogP contribution in [0.15, 0.2) is 53.7 Å². The average Bonchev–Trinajstić information content (AvgIpc) is 2.33. The summed E-state index contributed by atoms with van der Waals surface area (Å²) in [5.41, 5.74) is 2.67. The van der Waals surface area contributed by atoms with Gasteiger partial charge in [-0.15, -0.1) is 11.8 Å². The van der Waals surface area contributed by atoms with E-state index in [1.54, 1.807) is 0 Å². The Labute approximate surface area is 101 Å². The van der Waals surface area contributed by atoms with E-state index in [9.17, 15) is 0 Å². The van der Waals surface area contributed by atoms with Crippen molar-refractivity contribution in [1.29, 1.82) is 0 Å². The zero-order valence-electron chi connectivity index (χ0n) is 9.39. The molecule has 0 aliphatic heterocycles. The fraction of sp³-hybridized carbons (Fsp3) is 0.214. The summed E-state index contributed by atoms with van der Waals surface area (Å²) in [6.45, 7) is 2.16. The number of aryl methyl sites for hydroxylation is 2. The van der Waals surface area contributed by atoms with Gasteiger partial charge in [-0.05, 0) is 36.6 Å². The van der Waals surface area contributed by atoms with Gasteiger partial charge in [-0.25, -0.2) is 0 Å². The summed E-state index contributed by atoms with van der Waals surface area (Å²) in [6.07, 6.45) is 4.84. The zero-order valence-corrected chi connectivity index (χ0v) is 10.2. The van der Waals surface area contributed by atoms with Crippen LogP contribution in [-0.4, -0.2) is 10.7 Å².